The number of carbonyl (C=O) groups excluding carboxylic acids is 2. The second-order valence-corrected chi connectivity index (χ2v) is 14.8. The molecule has 1 amide bonds. The van der Waals surface area contributed by atoms with E-state index < -0.39 is 35.1 Å². The molecule has 1 aliphatic heterocycles. The van der Waals surface area contributed by atoms with E-state index in [2.05, 4.69) is 17.4 Å². The number of hydroxylamine groups is 2. The molecular weight excluding hydrogens is 652 g/mol. The number of hydrogen-bond acceptors (Lipinski definition) is 6. The molecule has 8 heteroatoms. The van der Waals surface area contributed by atoms with E-state index in [9.17, 15) is 19.9 Å². The summed E-state index contributed by atoms with van der Waals surface area (Å²) < 4.78 is 12.2. The van der Waals surface area contributed by atoms with Gasteiger partial charge in [-0.3, -0.25) is 4.79 Å². The molecule has 52 heavy (non-hydrogen) atoms. The molecule has 2 atom stereocenters. The van der Waals surface area contributed by atoms with E-state index in [4.69, 9.17) is 9.47 Å². The lowest BCUT2D eigenvalue weighted by atomic mass is 9.82. The van der Waals surface area contributed by atoms with Crippen LogP contribution in [-0.4, -0.2) is 46.0 Å². The van der Waals surface area contributed by atoms with Crippen molar-refractivity contribution in [2.45, 2.75) is 50.7 Å². The van der Waals surface area contributed by atoms with Crippen molar-refractivity contribution in [1.29, 1.82) is 0 Å². The first-order valence-electron chi connectivity index (χ1n) is 17.5. The predicted octanol–water partition coefficient (Wildman–Crippen LogP) is 9.01. The molecule has 0 unspecified atom stereocenters. The highest BCUT2D eigenvalue weighted by Gasteiger charge is 2.63. The number of phenols is 1. The van der Waals surface area contributed by atoms with Gasteiger partial charge in [-0.15, -0.1) is 10.3 Å². The van der Waals surface area contributed by atoms with Gasteiger partial charge in [0.05, 0.1) is 23.0 Å². The molecule has 2 N–H and O–H groups in total. The van der Waals surface area contributed by atoms with Crippen molar-refractivity contribution in [2.24, 2.45) is 5.92 Å². The zero-order valence-corrected chi connectivity index (χ0v) is 29.4. The third-order valence-corrected chi connectivity index (χ3v) is 11.0. The number of nitrogens with zero attached hydrogens (tertiary/aromatic N) is 1. The number of alkyl carbamates (subject to hydrolysis) is 1. The molecular formula is C44H39N2O6. The molecule has 261 valence electrons. The largest absolute Gasteiger partial charge is 0.507 e. The fourth-order valence-electron chi connectivity index (χ4n) is 8.55. The van der Waals surface area contributed by atoms with Crippen LogP contribution >= 0.6 is 0 Å². The number of nitrogens with one attached hydrogen (secondary N) is 1. The predicted molar refractivity (Wildman–Crippen MR) is 200 cm³/mol. The molecule has 0 bridgehead atoms. The molecule has 6 aromatic carbocycles. The van der Waals surface area contributed by atoms with Crippen LogP contribution in [0.2, 0.25) is 0 Å². The standard InChI is InChI=1S/C44H39N2O6/c1-43(2)39(40(44(3,4)46(43)50)45-42(49)51-25-34-32-19-11-9-17-30(32)31-18-10-12-20-33(31)34)41(48)52-36-24-22-27-14-6-8-16-29(27)38(36)37-28-15-7-5-13-26(28)21-23-35(37)47/h5-24,34,39-40,47H,25H2,1-4H3,(H,45,49)/t39-,40+/m1/s1. The number of fused-ring (bicyclic) bond motifs is 5. The van der Waals surface area contributed by atoms with Crippen molar-refractivity contribution in [1.82, 2.24) is 10.4 Å². The van der Waals surface area contributed by atoms with Crippen LogP contribution in [0.25, 0.3) is 43.8 Å². The molecule has 8 rings (SSSR count). The Hall–Kier alpha value is -5.70. The Morgan fingerprint density at radius 2 is 1.23 bits per heavy atom. The van der Waals surface area contributed by atoms with Gasteiger partial charge in [-0.05, 0) is 83.6 Å². The van der Waals surface area contributed by atoms with Gasteiger partial charge in [-0.2, -0.15) is 0 Å². The lowest BCUT2D eigenvalue weighted by Crippen LogP contribution is -2.54. The summed E-state index contributed by atoms with van der Waals surface area (Å²) in [5.74, 6) is -1.65. The van der Waals surface area contributed by atoms with Crippen molar-refractivity contribution in [3.63, 3.8) is 0 Å². The molecule has 0 aromatic heterocycles. The molecule has 1 aliphatic carbocycles. The van der Waals surface area contributed by atoms with Gasteiger partial charge in [-0.25, -0.2) is 4.79 Å². The number of esters is 1. The van der Waals surface area contributed by atoms with Gasteiger partial charge in [0, 0.05) is 17.0 Å². The van der Waals surface area contributed by atoms with Crippen molar-refractivity contribution in [3.05, 3.63) is 132 Å². The Morgan fingerprint density at radius 1 is 0.692 bits per heavy atom. The molecule has 2 aliphatic rings. The third kappa shape index (κ3) is 5.29. The first kappa shape index (κ1) is 33.4. The second-order valence-electron chi connectivity index (χ2n) is 14.8. The zero-order chi connectivity index (χ0) is 36.4. The SMILES string of the molecule is CC1(C)[C@@H](NC(=O)OCC2c3ccccc3-c3ccccc32)[C@H](C(=O)Oc2ccc3ccccc3c2-c2c(O)ccc3ccccc23)C(C)(C)N1[O]. The van der Waals surface area contributed by atoms with E-state index in [1.807, 2.05) is 97.1 Å². The summed E-state index contributed by atoms with van der Waals surface area (Å²) in [6.07, 6.45) is -0.726. The fourth-order valence-corrected chi connectivity index (χ4v) is 8.55. The average molecular weight is 692 g/mol. The van der Waals surface area contributed by atoms with Gasteiger partial charge in [0.25, 0.3) is 0 Å². The summed E-state index contributed by atoms with van der Waals surface area (Å²) in [5, 5.41) is 32.4. The number of aromatic hydroxyl groups is 1. The maximum atomic E-state index is 14.5. The number of ether oxygens (including phenoxy) is 2. The summed E-state index contributed by atoms with van der Waals surface area (Å²) in [4.78, 5) is 28.1. The number of amides is 1. The Balaban J connectivity index is 1.12. The highest BCUT2D eigenvalue weighted by molar-refractivity contribution is 6.10. The lowest BCUT2D eigenvalue weighted by Gasteiger charge is -2.33. The molecule has 0 saturated carbocycles. The van der Waals surface area contributed by atoms with Crippen LogP contribution in [0.4, 0.5) is 4.79 Å². The Morgan fingerprint density at radius 3 is 1.87 bits per heavy atom. The Kier molecular flexibility index (Phi) is 8.05. The van der Waals surface area contributed by atoms with Crippen LogP contribution in [0.1, 0.15) is 44.7 Å². The van der Waals surface area contributed by atoms with E-state index in [1.54, 1.807) is 39.8 Å². The van der Waals surface area contributed by atoms with Gasteiger partial charge >= 0.3 is 12.1 Å². The lowest BCUT2D eigenvalue weighted by molar-refractivity contribution is -0.249. The number of rotatable bonds is 6. The summed E-state index contributed by atoms with van der Waals surface area (Å²) in [6, 6.07) is 37.7. The minimum absolute atomic E-state index is 0.0372. The van der Waals surface area contributed by atoms with Crippen molar-refractivity contribution >= 4 is 33.6 Å². The first-order chi connectivity index (χ1) is 25.0. The maximum absolute atomic E-state index is 14.5. The van der Waals surface area contributed by atoms with E-state index in [0.29, 0.717) is 11.1 Å². The molecule has 0 spiro atoms. The van der Waals surface area contributed by atoms with Crippen LogP contribution in [0.3, 0.4) is 0 Å². The minimum Gasteiger partial charge on any atom is -0.507 e. The van der Waals surface area contributed by atoms with E-state index in [1.165, 1.54) is 0 Å². The van der Waals surface area contributed by atoms with Crippen LogP contribution in [0, 0.1) is 5.92 Å². The molecule has 1 fully saturated rings. The van der Waals surface area contributed by atoms with E-state index in [0.717, 1.165) is 48.9 Å². The zero-order valence-electron chi connectivity index (χ0n) is 29.4. The molecule has 8 nitrogen and oxygen atoms in total. The monoisotopic (exact) mass is 691 g/mol. The van der Waals surface area contributed by atoms with E-state index >= 15 is 0 Å². The summed E-state index contributed by atoms with van der Waals surface area (Å²) >= 11 is 0. The van der Waals surface area contributed by atoms with Gasteiger partial charge in [0.15, 0.2) is 0 Å². The van der Waals surface area contributed by atoms with Gasteiger partial charge in [0.2, 0.25) is 0 Å². The summed E-state index contributed by atoms with van der Waals surface area (Å²) in [5.41, 5.74) is 3.00. The third-order valence-electron chi connectivity index (χ3n) is 11.0. The Bertz CT molecular complexity index is 2340. The van der Waals surface area contributed by atoms with Gasteiger partial charge in [0.1, 0.15) is 18.1 Å². The smallest absolute Gasteiger partial charge is 0.407 e. The Labute approximate surface area is 302 Å². The second kappa shape index (κ2) is 12.5. The summed E-state index contributed by atoms with van der Waals surface area (Å²) in [6.45, 7) is 6.87. The van der Waals surface area contributed by atoms with Crippen LogP contribution in [-0.2, 0) is 14.7 Å². The molecule has 6 aromatic rings. The van der Waals surface area contributed by atoms with Gasteiger partial charge < -0.3 is 19.9 Å². The number of hydrogen-bond donors (Lipinski definition) is 2. The van der Waals surface area contributed by atoms with Crippen molar-refractivity contribution < 1.29 is 29.4 Å². The van der Waals surface area contributed by atoms with Crippen LogP contribution in [0.15, 0.2) is 121 Å². The van der Waals surface area contributed by atoms with Crippen molar-refractivity contribution in [2.75, 3.05) is 6.61 Å². The molecule has 1 radical (unpaired) electrons. The number of benzene rings is 6. The minimum atomic E-state index is -1.26. The number of phenolic OH excluding ortho intramolecular Hbond substituents is 1. The van der Waals surface area contributed by atoms with Crippen LogP contribution < -0.4 is 10.1 Å². The quantitative estimate of drug-likeness (QED) is 0.133. The molecule has 1 heterocycles. The summed E-state index contributed by atoms with van der Waals surface area (Å²) in [7, 11) is 0. The highest BCUT2D eigenvalue weighted by atomic mass is 16.6. The first-order valence-corrected chi connectivity index (χ1v) is 17.5. The fraction of sp³-hybridized carbons (Fsp3) is 0.227. The topological polar surface area (TPSA) is 108 Å². The average Bonchev–Trinajstić information content (AvgIpc) is 3.53. The normalized spacial score (nSPS) is 18.9. The van der Waals surface area contributed by atoms with Gasteiger partial charge in [-0.1, -0.05) is 109 Å². The van der Waals surface area contributed by atoms with E-state index in [-0.39, 0.29) is 24.0 Å². The van der Waals surface area contributed by atoms with Crippen LogP contribution in [0.5, 0.6) is 11.5 Å². The maximum Gasteiger partial charge on any atom is 0.407 e. The number of carbonyl (C=O) groups is 2. The van der Waals surface area contributed by atoms with Crippen molar-refractivity contribution in [3.8, 4) is 33.8 Å². The molecule has 1 saturated heterocycles. The highest BCUT2D eigenvalue weighted by Crippen LogP contribution is 2.49.